The van der Waals surface area contributed by atoms with Crippen LogP contribution in [0.2, 0.25) is 0 Å². The summed E-state index contributed by atoms with van der Waals surface area (Å²) in [4.78, 5) is 40.9. The van der Waals surface area contributed by atoms with E-state index in [1.807, 2.05) is 54.5 Å². The number of aliphatic hydroxyl groups excluding tert-OH is 1. The van der Waals surface area contributed by atoms with Gasteiger partial charge in [-0.25, -0.2) is 4.79 Å². The molecule has 3 aliphatic heterocycles. The number of phenols is 1. The molecule has 2 fully saturated rings. The van der Waals surface area contributed by atoms with E-state index in [0.29, 0.717) is 42.6 Å². The Balaban J connectivity index is 1.59. The van der Waals surface area contributed by atoms with Crippen molar-refractivity contribution >= 4 is 17.5 Å². The van der Waals surface area contributed by atoms with Gasteiger partial charge in [0, 0.05) is 47.0 Å². The van der Waals surface area contributed by atoms with E-state index in [1.165, 1.54) is 13.0 Å². The predicted molar refractivity (Wildman–Crippen MR) is 175 cm³/mol. The highest BCUT2D eigenvalue weighted by Gasteiger charge is 2.81. The van der Waals surface area contributed by atoms with Crippen molar-refractivity contribution in [2.24, 2.45) is 11.8 Å². The molecule has 0 radical (unpaired) electrons. The van der Waals surface area contributed by atoms with E-state index in [-0.39, 0.29) is 46.8 Å². The van der Waals surface area contributed by atoms with E-state index in [4.69, 9.17) is 14.2 Å². The molecule has 3 N–H and O–H groups in total. The number of carbonyl (C=O) groups excluding carboxylic acids is 2. The van der Waals surface area contributed by atoms with Gasteiger partial charge in [0.25, 0.3) is 0 Å². The van der Waals surface area contributed by atoms with Gasteiger partial charge in [0.2, 0.25) is 0 Å². The van der Waals surface area contributed by atoms with E-state index in [1.54, 1.807) is 6.08 Å². The van der Waals surface area contributed by atoms with Gasteiger partial charge in [0.15, 0.2) is 22.8 Å². The average Bonchev–Trinajstić information content (AvgIpc) is 3.13. The minimum absolute atomic E-state index is 0.00802. The van der Waals surface area contributed by atoms with Gasteiger partial charge < -0.3 is 29.5 Å². The van der Waals surface area contributed by atoms with Gasteiger partial charge in [-0.3, -0.25) is 9.59 Å². The largest absolute Gasteiger partial charge is 0.507 e. The van der Waals surface area contributed by atoms with E-state index in [9.17, 15) is 29.7 Å². The molecular weight excluding hydrogens is 600 g/mol. The van der Waals surface area contributed by atoms with Gasteiger partial charge in [-0.05, 0) is 81.1 Å². The zero-order valence-corrected chi connectivity index (χ0v) is 28.6. The lowest BCUT2D eigenvalue weighted by molar-refractivity contribution is -0.171. The Hall–Kier alpha value is -3.69. The van der Waals surface area contributed by atoms with Crippen molar-refractivity contribution in [1.82, 2.24) is 0 Å². The number of fused-ring (bicyclic) bond motifs is 2. The molecule has 1 aromatic rings. The molecule has 4 bridgehead atoms. The number of aliphatic carboxylic acids is 1. The highest BCUT2D eigenvalue weighted by molar-refractivity contribution is 6.18. The summed E-state index contributed by atoms with van der Waals surface area (Å²) in [6.45, 7) is 15.0. The Morgan fingerprint density at radius 2 is 1.68 bits per heavy atom. The fourth-order valence-electron chi connectivity index (χ4n) is 8.52. The van der Waals surface area contributed by atoms with Crippen molar-refractivity contribution in [3.8, 4) is 17.2 Å². The van der Waals surface area contributed by atoms with Gasteiger partial charge in [0.05, 0.1) is 11.7 Å². The van der Waals surface area contributed by atoms with Gasteiger partial charge in [-0.2, -0.15) is 0 Å². The number of ketones is 2. The third-order valence-corrected chi connectivity index (χ3v) is 11.0. The Labute approximate surface area is 276 Å². The molecule has 6 atom stereocenters. The van der Waals surface area contributed by atoms with E-state index in [0.717, 1.165) is 11.1 Å². The Morgan fingerprint density at radius 3 is 2.32 bits per heavy atom. The Bertz CT molecular complexity index is 1720. The molecule has 9 heteroatoms. The first kappa shape index (κ1) is 33.2. The number of benzene rings is 1. The molecule has 47 heavy (non-hydrogen) atoms. The minimum atomic E-state index is -1.66. The van der Waals surface area contributed by atoms with Crippen LogP contribution in [0.3, 0.4) is 0 Å². The van der Waals surface area contributed by atoms with Crippen LogP contribution in [0.4, 0.5) is 0 Å². The first-order valence-electron chi connectivity index (χ1n) is 16.5. The molecule has 1 unspecified atom stereocenters. The number of aromatic hydroxyl groups is 1. The predicted octanol–water partition coefficient (Wildman–Crippen LogP) is 6.13. The SMILES string of the molecule is CC(C)=CCC[C@@]1(C)Oc2c(c(O)c3c(c2CC=C(C)C)O[C@]24C(=C[C@@H]5CC2C(C)(C)O[C@@]4(C/C=C(/C)C(=O)O)C5=O)C3=O)C[C@H]1O. The van der Waals surface area contributed by atoms with Crippen molar-refractivity contribution in [2.75, 3.05) is 0 Å². The van der Waals surface area contributed by atoms with Crippen molar-refractivity contribution in [1.29, 1.82) is 0 Å². The second-order valence-corrected chi connectivity index (χ2v) is 15.2. The summed E-state index contributed by atoms with van der Waals surface area (Å²) in [7, 11) is 0. The molecule has 1 aromatic carbocycles. The Morgan fingerprint density at radius 1 is 1.00 bits per heavy atom. The minimum Gasteiger partial charge on any atom is -0.507 e. The van der Waals surface area contributed by atoms with Crippen molar-refractivity contribution < 1.29 is 43.9 Å². The maximum atomic E-state index is 14.8. The summed E-state index contributed by atoms with van der Waals surface area (Å²) in [5, 5.41) is 32.8. The maximum absolute atomic E-state index is 14.8. The zero-order chi connectivity index (χ0) is 34.4. The molecular formula is C38H46O9. The van der Waals surface area contributed by atoms with E-state index >= 15 is 0 Å². The first-order valence-corrected chi connectivity index (χ1v) is 16.5. The standard InChI is InChI=1S/C38H46O9/c1-19(2)10-9-14-36(8)27(39)18-24-29(40)28-30(41)25-16-22-17-26-35(6,7)47-37(33(22)42,15-13-21(5)34(43)44)38(25,26)46-32(28)23(31(24)45-36)12-11-20(3)4/h10-11,13,16,22,26-27,39-40H,9,12,14-15,17-18H2,1-8H3,(H,43,44)/b21-13-/t22-,26?,27-,36-,37+,38-/m1/s1. The molecule has 252 valence electrons. The number of carboxylic acids is 1. The number of Topliss-reactive ketones (excluding diaryl/α,β-unsaturated/α-hetero) is 2. The van der Waals surface area contributed by atoms with Crippen LogP contribution in [0.1, 0.15) is 103 Å². The second-order valence-electron chi connectivity index (χ2n) is 15.2. The highest BCUT2D eigenvalue weighted by Crippen LogP contribution is 2.68. The van der Waals surface area contributed by atoms with Crippen LogP contribution in [0.25, 0.3) is 0 Å². The number of carboxylic acid groups (broad SMARTS) is 1. The first-order chi connectivity index (χ1) is 21.9. The molecule has 1 saturated heterocycles. The fraction of sp³-hybridized carbons (Fsp3) is 0.553. The lowest BCUT2D eigenvalue weighted by atomic mass is 9.51. The van der Waals surface area contributed by atoms with Crippen LogP contribution in [0, 0.1) is 11.8 Å². The van der Waals surface area contributed by atoms with Crippen LogP contribution >= 0.6 is 0 Å². The third-order valence-electron chi connectivity index (χ3n) is 11.0. The van der Waals surface area contributed by atoms with Crippen molar-refractivity contribution in [3.63, 3.8) is 0 Å². The molecule has 3 aliphatic carbocycles. The smallest absolute Gasteiger partial charge is 0.330 e. The number of ether oxygens (including phenoxy) is 3. The molecule has 3 heterocycles. The number of hydrogen-bond acceptors (Lipinski definition) is 8. The fourth-order valence-corrected chi connectivity index (χ4v) is 8.52. The van der Waals surface area contributed by atoms with Crippen LogP contribution in [0.15, 0.2) is 46.6 Å². The zero-order valence-electron chi connectivity index (χ0n) is 28.6. The molecule has 1 saturated carbocycles. The van der Waals surface area contributed by atoms with Crippen LogP contribution in [0.5, 0.6) is 17.2 Å². The molecule has 0 aromatic heterocycles. The van der Waals surface area contributed by atoms with E-state index < -0.39 is 52.1 Å². The van der Waals surface area contributed by atoms with Gasteiger partial charge in [0.1, 0.15) is 28.4 Å². The number of aliphatic hydroxyl groups is 1. The molecule has 6 aliphatic rings. The molecule has 7 rings (SSSR count). The molecule has 0 amide bonds. The van der Waals surface area contributed by atoms with Crippen LogP contribution < -0.4 is 9.47 Å². The van der Waals surface area contributed by atoms with Gasteiger partial charge in [-0.15, -0.1) is 0 Å². The number of rotatable bonds is 8. The monoisotopic (exact) mass is 646 g/mol. The second kappa shape index (κ2) is 10.9. The summed E-state index contributed by atoms with van der Waals surface area (Å²) in [6, 6.07) is 0. The van der Waals surface area contributed by atoms with Gasteiger partial charge in [-0.1, -0.05) is 35.5 Å². The number of hydrogen-bond donors (Lipinski definition) is 3. The number of allylic oxidation sites excluding steroid dienone is 5. The summed E-state index contributed by atoms with van der Waals surface area (Å²) in [5.41, 5.74) is -1.70. The lowest BCUT2D eigenvalue weighted by Crippen LogP contribution is -2.72. The Kier molecular flexibility index (Phi) is 7.72. The van der Waals surface area contributed by atoms with Crippen molar-refractivity contribution in [3.05, 3.63) is 63.3 Å². The van der Waals surface area contributed by atoms with Crippen molar-refractivity contribution in [2.45, 2.75) is 122 Å². The van der Waals surface area contributed by atoms with Gasteiger partial charge >= 0.3 is 5.97 Å². The highest BCUT2D eigenvalue weighted by atomic mass is 16.6. The van der Waals surface area contributed by atoms with Crippen LogP contribution in [-0.4, -0.2) is 61.4 Å². The summed E-state index contributed by atoms with van der Waals surface area (Å²) >= 11 is 0. The topological polar surface area (TPSA) is 140 Å². The molecule has 1 spiro atoms. The quantitative estimate of drug-likeness (QED) is 0.225. The maximum Gasteiger partial charge on any atom is 0.330 e. The number of carbonyl (C=O) groups is 3. The third kappa shape index (κ3) is 4.67. The number of phenolic OH excluding ortho intramolecular Hbond substituents is 1. The average molecular weight is 647 g/mol. The summed E-state index contributed by atoms with van der Waals surface area (Å²) < 4.78 is 20.5. The molecule has 9 nitrogen and oxygen atoms in total. The normalized spacial score (nSPS) is 32.7. The lowest BCUT2D eigenvalue weighted by Gasteiger charge is -2.56. The summed E-state index contributed by atoms with van der Waals surface area (Å²) in [5.74, 6) is -2.63. The van der Waals surface area contributed by atoms with E-state index in [2.05, 4.69) is 6.08 Å². The summed E-state index contributed by atoms with van der Waals surface area (Å²) in [6.07, 6.45) is 8.21. The van der Waals surface area contributed by atoms with Crippen LogP contribution in [-0.2, 0) is 27.2 Å².